The van der Waals surface area contributed by atoms with Gasteiger partial charge in [0.25, 0.3) is 0 Å². The molecular formula is C75H105BBrF4N6O6S. The molecule has 1 radical (unpaired) electrons. The number of aliphatic hydroxyl groups excluding tert-OH is 1. The number of nitrogens with zero attached hydrogens (tertiary/aromatic N) is 1. The number of nitrogens with two attached hydrogens (primary N) is 4. The molecule has 515 valence electrons. The third-order valence-electron chi connectivity index (χ3n) is 20.2. The van der Waals surface area contributed by atoms with Crippen molar-refractivity contribution in [3.8, 4) is 0 Å². The molecule has 4 atom stereocenters. The Hall–Kier alpha value is -5.76. The molecule has 1 saturated heterocycles. The fraction of sp³-hybridized carbons (Fsp3) is 0.560. The van der Waals surface area contributed by atoms with Crippen LogP contribution in [0, 0.1) is 73.1 Å². The Morgan fingerprint density at radius 2 is 1.07 bits per heavy atom. The minimum atomic E-state index is -0.561. The summed E-state index contributed by atoms with van der Waals surface area (Å²) >= 11 is 6.69. The van der Waals surface area contributed by atoms with Crippen LogP contribution in [0.25, 0.3) is 11.1 Å². The molecule has 19 heteroatoms. The summed E-state index contributed by atoms with van der Waals surface area (Å²) in [7, 11) is 4.34. The van der Waals surface area contributed by atoms with Crippen LogP contribution in [0.1, 0.15) is 254 Å². The molecule has 10 N–H and O–H groups in total. The van der Waals surface area contributed by atoms with Crippen molar-refractivity contribution in [2.45, 2.75) is 231 Å². The van der Waals surface area contributed by atoms with E-state index >= 15 is 0 Å². The zero-order valence-electron chi connectivity index (χ0n) is 56.7. The Kier molecular flexibility index (Phi) is 31.4. The molecule has 1 aliphatic heterocycles. The van der Waals surface area contributed by atoms with Crippen LogP contribution >= 0.6 is 28.7 Å². The van der Waals surface area contributed by atoms with Gasteiger partial charge in [0.05, 0.1) is 27.2 Å². The monoisotopic (exact) mass is 1380 g/mol. The van der Waals surface area contributed by atoms with E-state index in [0.29, 0.717) is 53.3 Å². The summed E-state index contributed by atoms with van der Waals surface area (Å²) < 4.78 is 58.9. The van der Waals surface area contributed by atoms with Crippen molar-refractivity contribution in [3.63, 3.8) is 0 Å². The van der Waals surface area contributed by atoms with E-state index in [1.807, 2.05) is 13.8 Å². The van der Waals surface area contributed by atoms with E-state index in [9.17, 15) is 41.5 Å². The van der Waals surface area contributed by atoms with E-state index in [4.69, 9.17) is 28.0 Å². The van der Waals surface area contributed by atoms with Crippen LogP contribution in [0.15, 0.2) is 39.1 Å². The number of rotatable bonds is 15. The average Bonchev–Trinajstić information content (AvgIpc) is 1.59. The number of carbonyl (C=O) groups excluding carboxylic acids is 5. The number of anilines is 4. The van der Waals surface area contributed by atoms with E-state index in [1.165, 1.54) is 50.2 Å². The van der Waals surface area contributed by atoms with Crippen LogP contribution in [0.4, 0.5) is 40.3 Å². The summed E-state index contributed by atoms with van der Waals surface area (Å²) in [4.78, 5) is 60.5. The van der Waals surface area contributed by atoms with Gasteiger partial charge in [-0.2, -0.15) is 0 Å². The number of hydrogen-bond donors (Lipinski definition) is 7. The molecule has 11 rings (SSSR count). The second-order valence-corrected chi connectivity index (χ2v) is 27.4. The van der Waals surface area contributed by atoms with Crippen molar-refractivity contribution in [1.29, 1.82) is 0 Å². The van der Waals surface area contributed by atoms with Gasteiger partial charge >= 0.3 is 24.8 Å². The Bertz CT molecular complexity index is 3470. The van der Waals surface area contributed by atoms with Gasteiger partial charge in [0.2, 0.25) is 0 Å². The predicted molar refractivity (Wildman–Crippen MR) is 386 cm³/mol. The van der Waals surface area contributed by atoms with Gasteiger partial charge in [-0.1, -0.05) is 86.5 Å². The molecule has 0 amide bonds. The maximum atomic E-state index is 14.1. The summed E-state index contributed by atoms with van der Waals surface area (Å²) in [5, 5.41) is 10.8. The van der Waals surface area contributed by atoms with Crippen molar-refractivity contribution < 1.29 is 46.6 Å². The van der Waals surface area contributed by atoms with E-state index in [1.54, 1.807) is 33.8 Å². The number of hydrogen-bond acceptors (Lipinski definition) is 13. The number of benzene rings is 4. The van der Waals surface area contributed by atoms with Crippen molar-refractivity contribution in [1.82, 2.24) is 5.32 Å². The van der Waals surface area contributed by atoms with Gasteiger partial charge < -0.3 is 38.2 Å². The van der Waals surface area contributed by atoms with Gasteiger partial charge in [0.15, 0.2) is 23.1 Å². The van der Waals surface area contributed by atoms with Gasteiger partial charge in [-0.15, -0.1) is 0 Å². The number of halogens is 5. The molecule has 94 heavy (non-hydrogen) atoms. The third kappa shape index (κ3) is 18.3. The van der Waals surface area contributed by atoms with E-state index < -0.39 is 17.0 Å². The van der Waals surface area contributed by atoms with Crippen LogP contribution in [0.5, 0.6) is 0 Å². The van der Waals surface area contributed by atoms with Crippen molar-refractivity contribution >= 4 is 99.2 Å². The van der Waals surface area contributed by atoms with Gasteiger partial charge in [0, 0.05) is 59.2 Å². The molecule has 4 aromatic carbocycles. The van der Waals surface area contributed by atoms with Crippen LogP contribution in [-0.2, 0) is 40.1 Å². The van der Waals surface area contributed by atoms with Gasteiger partial charge in [-0.05, 0) is 251 Å². The molecule has 0 aromatic heterocycles. The average molecular weight is 1390 g/mol. The molecule has 0 saturated carbocycles. The number of ketones is 5. The Balaban J connectivity index is 0.000000253. The number of nitrogen functional groups attached to an aromatic ring is 4. The molecule has 0 spiro atoms. The summed E-state index contributed by atoms with van der Waals surface area (Å²) in [6.07, 6.45) is 23.7. The first kappa shape index (κ1) is 80.7. The summed E-state index contributed by atoms with van der Waals surface area (Å²) in [6, 6.07) is 5.66. The summed E-state index contributed by atoms with van der Waals surface area (Å²) in [5.74, 6) is -1.25. The van der Waals surface area contributed by atoms with Crippen LogP contribution in [-0.4, -0.2) is 61.4 Å². The van der Waals surface area contributed by atoms with Crippen molar-refractivity contribution in [2.75, 3.05) is 42.6 Å². The second kappa shape index (κ2) is 36.6. The second-order valence-electron chi connectivity index (χ2n) is 26.3. The minimum absolute atomic E-state index is 0. The SMILES string of the molecule is C.C1CCNC1.CCCCC1(CCC(C)=O)Cc2c(cc(F)c(N)c2C)C1=O.CCCCC12CCC(=O)C(Br)=C1c1cc(F)c(N)c(C)c1C2.CCCCC12CCC(=O)C=C1c1cc(F)c(N)c(C)c1C2.CCCCC1Cc2c(cc(F)c(N)c2C)C1=O.CCO.[B]=NS. The van der Waals surface area contributed by atoms with Crippen LogP contribution in [0.3, 0.4) is 0 Å². The molecule has 12 nitrogen and oxygen atoms in total. The van der Waals surface area contributed by atoms with Crippen molar-refractivity contribution in [3.05, 3.63) is 125 Å². The van der Waals surface area contributed by atoms with E-state index in [-0.39, 0.29) is 94.1 Å². The number of allylic oxidation sites excluding steroid dienone is 4. The standard InChI is InChI=1S/C18H21BrFNO.C18H24FNO2.C18H22FNO.C14H18FNO.C4H9N.C2H6O.CH4.BHNS/c1-3-4-6-18-7-5-14(22)16(19)15(18)11-8-13(20)17(21)10(2)12(11)9-18;1-4-5-7-18(8-6-11(2)21)10-14-12(3)16(20)15(19)9-13(14)17(18)22;1-3-4-6-18-7-5-12(21)8-15(18)13-9-16(19)17(20)11(2)14(13)10-18;1-3-4-5-9-6-10-8(2)13(16)12(15)7-11(10)14(9)17;1-2-4-5-3-1;1-2-3;;1-2-3/h8H,3-7,9,21H2,1-2H3;9H,4-8,10,20H2,1-3H3;8-9H,3-7,10,20H2,1-2H3;7,9H,3-6,16H2,1-2H3;5H,1-4H2;3H,2H2,1H3;1H4;3H. The number of nitrogens with one attached hydrogen (secondary N) is 1. The fourth-order valence-electron chi connectivity index (χ4n) is 14.6. The first-order chi connectivity index (χ1) is 44.1. The molecule has 7 aliphatic rings. The molecule has 0 bridgehead atoms. The molecule has 6 aliphatic carbocycles. The molecule has 4 aromatic rings. The zero-order valence-corrected chi connectivity index (χ0v) is 59.2. The van der Waals surface area contributed by atoms with E-state index in [2.05, 4.69) is 73.7 Å². The van der Waals surface area contributed by atoms with E-state index in [0.717, 1.165) is 170 Å². The first-order valence-electron chi connectivity index (χ1n) is 33.5. The Labute approximate surface area is 572 Å². The number of fused-ring (bicyclic) bond motifs is 8. The van der Waals surface area contributed by atoms with Gasteiger partial charge in [-0.25, -0.2) is 17.6 Å². The maximum absolute atomic E-state index is 14.1. The molecule has 1 fully saturated rings. The third-order valence-corrected chi connectivity index (χ3v) is 21.0. The first-order valence-corrected chi connectivity index (χ1v) is 34.7. The number of thiol groups is 1. The normalized spacial score (nSPS) is 20.6. The van der Waals surface area contributed by atoms with Crippen LogP contribution in [0.2, 0.25) is 0 Å². The number of aliphatic hydroxyl groups is 1. The molecular weight excluding hydrogens is 1280 g/mol. The topological polar surface area (TPSA) is 234 Å². The zero-order chi connectivity index (χ0) is 69.3. The Morgan fingerprint density at radius 1 is 0.649 bits per heavy atom. The van der Waals surface area contributed by atoms with Gasteiger partial charge in [0.1, 0.15) is 29.1 Å². The van der Waals surface area contributed by atoms with Gasteiger partial charge in [-0.3, -0.25) is 19.2 Å². The predicted octanol–water partition coefficient (Wildman–Crippen LogP) is 17.6. The van der Waals surface area contributed by atoms with Crippen LogP contribution < -0.4 is 28.3 Å². The number of carbonyl (C=O) groups is 5. The molecule has 4 unspecified atom stereocenters. The quantitative estimate of drug-likeness (QED) is 0.0256. The Morgan fingerprint density at radius 3 is 1.56 bits per heavy atom. The summed E-state index contributed by atoms with van der Waals surface area (Å²) in [5.41, 5.74) is 35.5. The number of Topliss-reactive ketones (excluding diaryl/α,β-unsaturated/α-hetero) is 4. The fourth-order valence-corrected chi connectivity index (χ4v) is 15.4. The van der Waals surface area contributed by atoms with Crippen molar-refractivity contribution in [2.24, 2.45) is 26.5 Å². The molecule has 1 heterocycles. The number of unbranched alkanes of at least 4 members (excludes halogenated alkanes) is 4. The summed E-state index contributed by atoms with van der Waals surface area (Å²) in [6.45, 7) is 21.9.